The maximum atomic E-state index is 11.5. The summed E-state index contributed by atoms with van der Waals surface area (Å²) in [5.74, 6) is 0.147. The third kappa shape index (κ3) is 3.02. The van der Waals surface area contributed by atoms with Crippen LogP contribution in [0.25, 0.3) is 10.6 Å². The minimum atomic E-state index is -0.498. The van der Waals surface area contributed by atoms with E-state index in [0.29, 0.717) is 17.4 Å². The van der Waals surface area contributed by atoms with Gasteiger partial charge in [-0.15, -0.1) is 11.3 Å². The lowest BCUT2D eigenvalue weighted by molar-refractivity contribution is 0.0606. The van der Waals surface area contributed by atoms with Crippen molar-refractivity contribution < 1.29 is 14.3 Å². The molecule has 0 radical (unpaired) electrons. The second kappa shape index (κ2) is 5.99. The van der Waals surface area contributed by atoms with E-state index >= 15 is 0 Å². The predicted octanol–water partition coefficient (Wildman–Crippen LogP) is 3.04. The molecule has 0 spiro atoms. The van der Waals surface area contributed by atoms with Crippen LogP contribution in [0.2, 0.25) is 5.15 Å². The Morgan fingerprint density at radius 3 is 2.95 bits per heavy atom. The molecule has 0 saturated heterocycles. The van der Waals surface area contributed by atoms with Crippen molar-refractivity contribution in [2.45, 2.75) is 6.92 Å². The molecule has 0 aromatic carbocycles. The summed E-state index contributed by atoms with van der Waals surface area (Å²) in [5, 5.41) is 0.730. The van der Waals surface area contributed by atoms with Gasteiger partial charge in [-0.05, 0) is 13.0 Å². The van der Waals surface area contributed by atoms with Gasteiger partial charge in [0.2, 0.25) is 0 Å². The molecule has 100 valence electrons. The summed E-state index contributed by atoms with van der Waals surface area (Å²) in [7, 11) is 1.30. The van der Waals surface area contributed by atoms with Crippen molar-refractivity contribution in [3.8, 4) is 16.3 Å². The Morgan fingerprint density at radius 1 is 1.47 bits per heavy atom. The van der Waals surface area contributed by atoms with E-state index in [1.165, 1.54) is 7.11 Å². The zero-order chi connectivity index (χ0) is 13.8. The minimum Gasteiger partial charge on any atom is -0.492 e. The van der Waals surface area contributed by atoms with E-state index in [2.05, 4.69) is 14.7 Å². The maximum absolute atomic E-state index is 11.5. The number of carbonyl (C=O) groups is 1. The minimum absolute atomic E-state index is 0.133. The first kappa shape index (κ1) is 13.8. The molecular weight excluding hydrogens is 288 g/mol. The first-order chi connectivity index (χ1) is 9.15. The molecule has 0 bridgehead atoms. The highest BCUT2D eigenvalue weighted by molar-refractivity contribution is 7.17. The lowest BCUT2D eigenvalue weighted by Gasteiger charge is -2.02. The van der Waals surface area contributed by atoms with Gasteiger partial charge in [-0.1, -0.05) is 11.6 Å². The number of aromatic nitrogens is 2. The van der Waals surface area contributed by atoms with E-state index in [0.717, 1.165) is 16.9 Å². The molecule has 0 fully saturated rings. The van der Waals surface area contributed by atoms with E-state index in [4.69, 9.17) is 16.3 Å². The van der Waals surface area contributed by atoms with Gasteiger partial charge in [0.05, 0.1) is 19.9 Å². The number of hydrogen-bond donors (Lipinski definition) is 0. The van der Waals surface area contributed by atoms with Gasteiger partial charge in [-0.3, -0.25) is 4.98 Å². The van der Waals surface area contributed by atoms with Gasteiger partial charge >= 0.3 is 5.97 Å². The van der Waals surface area contributed by atoms with Crippen LogP contribution in [0.15, 0.2) is 18.5 Å². The fraction of sp³-hybridized carbons (Fsp3) is 0.250. The van der Waals surface area contributed by atoms with Crippen molar-refractivity contribution in [3.05, 3.63) is 28.5 Å². The lowest BCUT2D eigenvalue weighted by atomic mass is 10.3. The zero-order valence-electron chi connectivity index (χ0n) is 10.3. The van der Waals surface area contributed by atoms with E-state index < -0.39 is 5.97 Å². The highest BCUT2D eigenvalue weighted by Crippen LogP contribution is 2.32. The molecule has 2 rings (SSSR count). The fourth-order valence-corrected chi connectivity index (χ4v) is 2.61. The molecule has 0 saturated carbocycles. The molecule has 0 aliphatic carbocycles. The summed E-state index contributed by atoms with van der Waals surface area (Å²) in [6.45, 7) is 2.44. The van der Waals surface area contributed by atoms with Crippen molar-refractivity contribution in [1.82, 2.24) is 9.97 Å². The van der Waals surface area contributed by atoms with Crippen LogP contribution in [0.4, 0.5) is 0 Å². The van der Waals surface area contributed by atoms with E-state index in [9.17, 15) is 4.79 Å². The Bertz CT molecular complexity index is 600. The largest absolute Gasteiger partial charge is 0.492 e. The third-order valence-corrected chi connectivity index (χ3v) is 3.70. The number of methoxy groups -OCH3 is 1. The normalized spacial score (nSPS) is 10.3. The van der Waals surface area contributed by atoms with E-state index in [1.54, 1.807) is 18.5 Å². The Balaban J connectivity index is 2.36. The van der Waals surface area contributed by atoms with E-state index in [-0.39, 0.29) is 10.0 Å². The summed E-state index contributed by atoms with van der Waals surface area (Å²) in [4.78, 5) is 20.0. The van der Waals surface area contributed by atoms with Crippen LogP contribution >= 0.6 is 22.9 Å². The highest BCUT2D eigenvalue weighted by atomic mass is 35.5. The number of rotatable bonds is 4. The molecule has 0 N–H and O–H groups in total. The molecule has 19 heavy (non-hydrogen) atoms. The summed E-state index contributed by atoms with van der Waals surface area (Å²) in [5.41, 5.74) is 0.744. The second-order valence-electron chi connectivity index (χ2n) is 3.47. The van der Waals surface area contributed by atoms with Crippen LogP contribution in [-0.4, -0.2) is 29.7 Å². The first-order valence-electron chi connectivity index (χ1n) is 5.48. The molecule has 2 heterocycles. The number of halogens is 1. The van der Waals surface area contributed by atoms with Gasteiger partial charge in [-0.25, -0.2) is 9.78 Å². The van der Waals surface area contributed by atoms with Crippen molar-refractivity contribution in [2.24, 2.45) is 0 Å². The van der Waals surface area contributed by atoms with Crippen LogP contribution in [0.5, 0.6) is 5.75 Å². The smallest absolute Gasteiger partial charge is 0.351 e. The van der Waals surface area contributed by atoms with Gasteiger partial charge in [0.1, 0.15) is 10.8 Å². The lowest BCUT2D eigenvalue weighted by Crippen LogP contribution is -1.98. The molecule has 0 unspecified atom stereocenters. The van der Waals surface area contributed by atoms with Crippen LogP contribution in [-0.2, 0) is 4.74 Å². The molecule has 7 heteroatoms. The summed E-state index contributed by atoms with van der Waals surface area (Å²) in [6.07, 6.45) is 3.25. The average Bonchev–Trinajstić information content (AvgIpc) is 2.81. The van der Waals surface area contributed by atoms with Gasteiger partial charge in [-0.2, -0.15) is 0 Å². The van der Waals surface area contributed by atoms with Crippen molar-refractivity contribution in [1.29, 1.82) is 0 Å². The quantitative estimate of drug-likeness (QED) is 0.812. The molecule has 0 aliphatic rings. The fourth-order valence-electron chi connectivity index (χ4n) is 1.42. The molecule has 5 nitrogen and oxygen atoms in total. The number of pyridine rings is 1. The maximum Gasteiger partial charge on any atom is 0.351 e. The van der Waals surface area contributed by atoms with Crippen LogP contribution in [0.3, 0.4) is 0 Å². The van der Waals surface area contributed by atoms with E-state index in [1.807, 2.05) is 6.92 Å². The highest BCUT2D eigenvalue weighted by Gasteiger charge is 2.18. The van der Waals surface area contributed by atoms with Crippen LogP contribution < -0.4 is 4.74 Å². The van der Waals surface area contributed by atoms with Gasteiger partial charge in [0.25, 0.3) is 0 Å². The SMILES string of the molecule is CCOc1cncc(-c2nc(Cl)c(C(=O)OC)s2)c1. The molecule has 0 aliphatic heterocycles. The molecule has 0 amide bonds. The predicted molar refractivity (Wildman–Crippen MR) is 72.9 cm³/mol. The number of esters is 1. The van der Waals surface area contributed by atoms with Crippen molar-refractivity contribution >= 4 is 28.9 Å². The first-order valence-corrected chi connectivity index (χ1v) is 6.68. The molecule has 2 aromatic heterocycles. The number of ether oxygens (including phenoxy) is 2. The Hall–Kier alpha value is -1.66. The topological polar surface area (TPSA) is 61.3 Å². The summed E-state index contributed by atoms with van der Waals surface area (Å²) in [6, 6.07) is 1.80. The monoisotopic (exact) mass is 298 g/mol. The second-order valence-corrected chi connectivity index (χ2v) is 4.83. The third-order valence-electron chi connectivity index (χ3n) is 2.23. The standard InChI is InChI=1S/C12H11ClN2O3S/c1-3-18-8-4-7(5-14-6-8)11-15-10(13)9(19-11)12(16)17-2/h4-6H,3H2,1-2H3. The number of nitrogens with zero attached hydrogens (tertiary/aromatic N) is 2. The van der Waals surface area contributed by atoms with Gasteiger partial charge < -0.3 is 9.47 Å². The van der Waals surface area contributed by atoms with Crippen molar-refractivity contribution in [3.63, 3.8) is 0 Å². The Kier molecular flexibility index (Phi) is 4.34. The van der Waals surface area contributed by atoms with Crippen LogP contribution in [0, 0.1) is 0 Å². The number of thiazole rings is 1. The number of hydrogen-bond acceptors (Lipinski definition) is 6. The number of carbonyl (C=O) groups excluding carboxylic acids is 1. The van der Waals surface area contributed by atoms with Gasteiger partial charge in [0, 0.05) is 11.8 Å². The summed E-state index contributed by atoms with van der Waals surface area (Å²) >= 11 is 7.08. The Labute approximate surface area is 119 Å². The zero-order valence-corrected chi connectivity index (χ0v) is 11.9. The molecule has 0 atom stereocenters. The van der Waals surface area contributed by atoms with Crippen LogP contribution in [0.1, 0.15) is 16.6 Å². The molecular formula is C12H11ClN2O3S. The average molecular weight is 299 g/mol. The molecule has 2 aromatic rings. The van der Waals surface area contributed by atoms with Gasteiger partial charge in [0.15, 0.2) is 10.0 Å². The van der Waals surface area contributed by atoms with Crippen molar-refractivity contribution in [2.75, 3.05) is 13.7 Å². The summed E-state index contributed by atoms with van der Waals surface area (Å²) < 4.78 is 10.00. The Morgan fingerprint density at radius 2 is 2.26 bits per heavy atom.